The largest absolute Gasteiger partial charge is 0.348 e. The zero-order chi connectivity index (χ0) is 20.5. The van der Waals surface area contributed by atoms with Gasteiger partial charge in [-0.3, -0.25) is 9.48 Å². The van der Waals surface area contributed by atoms with Gasteiger partial charge in [-0.1, -0.05) is 24.3 Å². The van der Waals surface area contributed by atoms with E-state index in [0.717, 1.165) is 55.2 Å². The minimum absolute atomic E-state index is 0.00836. The number of piperidine rings is 1. The summed E-state index contributed by atoms with van der Waals surface area (Å²) in [6.45, 7) is 6.92. The fourth-order valence-electron chi connectivity index (χ4n) is 3.95. The Hall–Kier alpha value is -2.41. The lowest BCUT2D eigenvalue weighted by Gasteiger charge is -2.33. The van der Waals surface area contributed by atoms with Gasteiger partial charge in [0.15, 0.2) is 10.8 Å². The first-order valence-electron chi connectivity index (χ1n) is 10.3. The molecule has 154 valence electrons. The van der Waals surface area contributed by atoms with Crippen LogP contribution in [0, 0.1) is 12.8 Å². The van der Waals surface area contributed by atoms with Crippen molar-refractivity contribution in [2.75, 3.05) is 31.6 Å². The number of hydrogen-bond acceptors (Lipinski definition) is 5. The normalized spacial score (nSPS) is 15.2. The van der Waals surface area contributed by atoms with Gasteiger partial charge in [-0.2, -0.15) is 5.10 Å². The lowest BCUT2D eigenvalue weighted by Crippen LogP contribution is -2.39. The molecule has 0 radical (unpaired) electrons. The quantitative estimate of drug-likeness (QED) is 0.639. The molecule has 0 N–H and O–H groups in total. The van der Waals surface area contributed by atoms with Gasteiger partial charge in [-0.05, 0) is 55.9 Å². The molecule has 0 atom stereocenters. The van der Waals surface area contributed by atoms with E-state index in [1.165, 1.54) is 10.3 Å². The molecule has 3 heterocycles. The van der Waals surface area contributed by atoms with Crippen LogP contribution >= 0.6 is 11.3 Å². The van der Waals surface area contributed by atoms with Crippen molar-refractivity contribution in [1.82, 2.24) is 19.7 Å². The van der Waals surface area contributed by atoms with Crippen LogP contribution < -0.4 is 4.90 Å². The average Bonchev–Trinajstić information content (AvgIpc) is 3.30. The second-order valence-corrected chi connectivity index (χ2v) is 9.07. The fraction of sp³-hybridized carbons (Fsp3) is 0.500. The first kappa shape index (κ1) is 19.9. The van der Waals surface area contributed by atoms with Crippen LogP contribution in [0.25, 0.3) is 10.2 Å². The molecule has 1 aliphatic heterocycles. The van der Waals surface area contributed by atoms with Gasteiger partial charge >= 0.3 is 0 Å². The van der Waals surface area contributed by atoms with Crippen LogP contribution in [0.1, 0.15) is 41.5 Å². The van der Waals surface area contributed by atoms with E-state index in [4.69, 9.17) is 4.98 Å². The number of nitrogens with zero attached hydrogens (tertiary/aromatic N) is 5. The number of benzene rings is 1. The van der Waals surface area contributed by atoms with Crippen molar-refractivity contribution >= 4 is 32.6 Å². The van der Waals surface area contributed by atoms with Crippen LogP contribution in [0.5, 0.6) is 0 Å². The van der Waals surface area contributed by atoms with E-state index in [2.05, 4.69) is 35.1 Å². The molecule has 1 aliphatic rings. The summed E-state index contributed by atoms with van der Waals surface area (Å²) in [5, 5.41) is 5.44. The minimum atomic E-state index is 0.00836. The van der Waals surface area contributed by atoms with E-state index in [1.54, 1.807) is 16.0 Å². The molecule has 3 aromatic rings. The van der Waals surface area contributed by atoms with E-state index in [9.17, 15) is 4.79 Å². The highest BCUT2D eigenvalue weighted by atomic mass is 32.1. The number of carbonyl (C=O) groups excluding carboxylic acids is 1. The second kappa shape index (κ2) is 8.14. The third-order valence-corrected chi connectivity index (χ3v) is 7.03. The highest BCUT2D eigenvalue weighted by Crippen LogP contribution is 2.32. The summed E-state index contributed by atoms with van der Waals surface area (Å²) in [5.74, 6) is 0.528. The van der Waals surface area contributed by atoms with Crippen LogP contribution in [0.3, 0.4) is 0 Å². The van der Waals surface area contributed by atoms with Gasteiger partial charge in [0.05, 0.1) is 10.2 Å². The molecule has 1 saturated heterocycles. The summed E-state index contributed by atoms with van der Waals surface area (Å²) >= 11 is 1.79. The van der Waals surface area contributed by atoms with Crippen molar-refractivity contribution in [3.05, 3.63) is 41.2 Å². The lowest BCUT2D eigenvalue weighted by molar-refractivity contribution is 0.0758. The number of hydrogen-bond donors (Lipinski definition) is 0. The zero-order valence-electron chi connectivity index (χ0n) is 17.7. The molecular weight excluding hydrogens is 382 g/mol. The Morgan fingerprint density at radius 1 is 1.28 bits per heavy atom. The topological polar surface area (TPSA) is 54.3 Å². The monoisotopic (exact) mass is 411 g/mol. The maximum atomic E-state index is 12.7. The number of carbonyl (C=O) groups is 1. The van der Waals surface area contributed by atoms with E-state index < -0.39 is 0 Å². The van der Waals surface area contributed by atoms with Crippen molar-refractivity contribution in [1.29, 1.82) is 0 Å². The summed E-state index contributed by atoms with van der Waals surface area (Å²) in [6, 6.07) is 8.44. The van der Waals surface area contributed by atoms with Crippen LogP contribution in [-0.4, -0.2) is 52.3 Å². The number of aryl methyl sites for hydroxylation is 3. The zero-order valence-corrected chi connectivity index (χ0v) is 18.5. The highest BCUT2D eigenvalue weighted by Gasteiger charge is 2.25. The molecule has 0 saturated carbocycles. The van der Waals surface area contributed by atoms with Gasteiger partial charge in [-0.15, -0.1) is 0 Å². The Balaban J connectivity index is 1.35. The summed E-state index contributed by atoms with van der Waals surface area (Å²) in [4.78, 5) is 21.7. The number of rotatable bonds is 5. The molecule has 7 heteroatoms. The van der Waals surface area contributed by atoms with Crippen molar-refractivity contribution in [2.45, 2.75) is 33.1 Å². The molecule has 0 bridgehead atoms. The van der Waals surface area contributed by atoms with Crippen molar-refractivity contribution in [3.63, 3.8) is 0 Å². The smallest absolute Gasteiger partial charge is 0.274 e. The number of amides is 1. The van der Waals surface area contributed by atoms with E-state index in [0.29, 0.717) is 11.6 Å². The Labute approximate surface area is 176 Å². The third-order valence-electron chi connectivity index (χ3n) is 5.95. The van der Waals surface area contributed by atoms with E-state index >= 15 is 0 Å². The van der Waals surface area contributed by atoms with E-state index in [1.807, 2.05) is 32.0 Å². The predicted octanol–water partition coefficient (Wildman–Crippen LogP) is 3.89. The molecule has 2 aromatic heterocycles. The molecule has 1 fully saturated rings. The summed E-state index contributed by atoms with van der Waals surface area (Å²) in [5.41, 5.74) is 3.99. The molecule has 1 aromatic carbocycles. The molecule has 0 aliphatic carbocycles. The number of thiazole rings is 1. The van der Waals surface area contributed by atoms with Crippen molar-refractivity contribution in [2.24, 2.45) is 13.0 Å². The number of aromatic nitrogens is 3. The van der Waals surface area contributed by atoms with Crippen molar-refractivity contribution in [3.8, 4) is 0 Å². The molecule has 0 unspecified atom stereocenters. The average molecular weight is 412 g/mol. The molecule has 4 rings (SSSR count). The molecule has 0 spiro atoms. The van der Waals surface area contributed by atoms with Crippen LogP contribution in [0.2, 0.25) is 0 Å². The maximum Gasteiger partial charge on any atom is 0.274 e. The molecule has 29 heavy (non-hydrogen) atoms. The van der Waals surface area contributed by atoms with E-state index in [-0.39, 0.29) is 5.91 Å². The maximum absolute atomic E-state index is 12.7. The number of fused-ring (bicyclic) bond motifs is 1. The lowest BCUT2D eigenvalue weighted by atomic mass is 9.96. The Bertz CT molecular complexity index is 996. The fourth-order valence-corrected chi connectivity index (χ4v) is 5.03. The second-order valence-electron chi connectivity index (χ2n) is 8.06. The van der Waals surface area contributed by atoms with Gasteiger partial charge in [0.25, 0.3) is 5.91 Å². The van der Waals surface area contributed by atoms with Crippen LogP contribution in [0.15, 0.2) is 24.3 Å². The van der Waals surface area contributed by atoms with Crippen LogP contribution in [0.4, 0.5) is 5.13 Å². The van der Waals surface area contributed by atoms with Gasteiger partial charge in [0, 0.05) is 39.4 Å². The molecular formula is C22H29N5OS. The van der Waals surface area contributed by atoms with Gasteiger partial charge in [0.1, 0.15) is 0 Å². The first-order valence-corrected chi connectivity index (χ1v) is 11.2. The molecule has 6 nitrogen and oxygen atoms in total. The standard InChI is InChI=1S/C22H29N5OS/c1-5-16-6-7-18-20(13-16)29-22(23-18)27-10-8-17(9-11-27)14-25(3)21(28)19-12-15(2)26(4)24-19/h6-7,12-13,17H,5,8-11,14H2,1-4H3. The highest BCUT2D eigenvalue weighted by molar-refractivity contribution is 7.22. The van der Waals surface area contributed by atoms with Gasteiger partial charge in [0.2, 0.25) is 0 Å². The Kier molecular flexibility index (Phi) is 5.58. The Morgan fingerprint density at radius 3 is 2.69 bits per heavy atom. The SMILES string of the molecule is CCc1ccc2nc(N3CCC(CN(C)C(=O)c4cc(C)n(C)n4)CC3)sc2c1. The summed E-state index contributed by atoms with van der Waals surface area (Å²) < 4.78 is 3.03. The van der Waals surface area contributed by atoms with Gasteiger partial charge < -0.3 is 9.80 Å². The number of anilines is 1. The molecule has 1 amide bonds. The first-order chi connectivity index (χ1) is 13.9. The third kappa shape index (κ3) is 4.15. The Morgan fingerprint density at radius 2 is 2.03 bits per heavy atom. The van der Waals surface area contributed by atoms with Crippen molar-refractivity contribution < 1.29 is 4.79 Å². The summed E-state index contributed by atoms with van der Waals surface area (Å²) in [7, 11) is 3.75. The minimum Gasteiger partial charge on any atom is -0.348 e. The van der Waals surface area contributed by atoms with Crippen LogP contribution in [-0.2, 0) is 13.5 Å². The summed E-state index contributed by atoms with van der Waals surface area (Å²) in [6.07, 6.45) is 3.21. The van der Waals surface area contributed by atoms with Gasteiger partial charge in [-0.25, -0.2) is 4.98 Å². The predicted molar refractivity (Wildman–Crippen MR) is 119 cm³/mol.